The summed E-state index contributed by atoms with van der Waals surface area (Å²) in [5.41, 5.74) is 1.71. The maximum atomic E-state index is 14.1. The van der Waals surface area contributed by atoms with E-state index in [2.05, 4.69) is 10.6 Å². The molecule has 7 nitrogen and oxygen atoms in total. The Hall–Kier alpha value is -4.20. The quantitative estimate of drug-likeness (QED) is 0.513. The average molecular weight is 476 g/mol. The van der Waals surface area contributed by atoms with Gasteiger partial charge in [0.2, 0.25) is 11.8 Å². The van der Waals surface area contributed by atoms with Crippen LogP contribution in [-0.2, 0) is 16.1 Å². The standard InChI is InChI=1S/C27H26FN3O4/c1-2-35-20-13-11-18(12-14-20)16-29-27(34)21-7-3-5-9-23(21)30-26(33)19-15-25(32)31(17-19)24-10-6-4-8-22(24)28/h3-14,19H,2,15-17H2,1H3,(H,29,34)(H,30,33)/t19-/m0/s1. The second-order valence-corrected chi connectivity index (χ2v) is 8.15. The van der Waals surface area contributed by atoms with Crippen molar-refractivity contribution >= 4 is 29.1 Å². The van der Waals surface area contributed by atoms with E-state index in [1.165, 1.54) is 17.0 Å². The highest BCUT2D eigenvalue weighted by molar-refractivity contribution is 6.07. The zero-order chi connectivity index (χ0) is 24.8. The zero-order valence-electron chi connectivity index (χ0n) is 19.3. The van der Waals surface area contributed by atoms with E-state index in [-0.39, 0.29) is 30.5 Å². The van der Waals surface area contributed by atoms with Crippen molar-refractivity contribution in [3.05, 3.63) is 89.7 Å². The third-order valence-corrected chi connectivity index (χ3v) is 5.76. The molecule has 1 fully saturated rings. The minimum atomic E-state index is -0.665. The third kappa shape index (κ3) is 5.66. The number of nitrogens with one attached hydrogen (secondary N) is 2. The Morgan fingerprint density at radius 2 is 1.74 bits per heavy atom. The molecular formula is C27H26FN3O4. The second-order valence-electron chi connectivity index (χ2n) is 8.15. The van der Waals surface area contributed by atoms with E-state index in [9.17, 15) is 18.8 Å². The van der Waals surface area contributed by atoms with Gasteiger partial charge in [-0.25, -0.2) is 4.39 Å². The van der Waals surface area contributed by atoms with Crippen LogP contribution in [0.25, 0.3) is 0 Å². The minimum absolute atomic E-state index is 0.0354. The molecule has 3 aromatic carbocycles. The molecule has 1 aliphatic rings. The highest BCUT2D eigenvalue weighted by atomic mass is 19.1. The Bertz CT molecular complexity index is 1230. The lowest BCUT2D eigenvalue weighted by Gasteiger charge is -2.17. The molecule has 4 rings (SSSR count). The molecule has 0 unspecified atom stereocenters. The average Bonchev–Trinajstić information content (AvgIpc) is 3.25. The van der Waals surface area contributed by atoms with Crippen molar-refractivity contribution in [1.29, 1.82) is 0 Å². The molecule has 35 heavy (non-hydrogen) atoms. The van der Waals surface area contributed by atoms with Gasteiger partial charge < -0.3 is 20.3 Å². The van der Waals surface area contributed by atoms with Crippen molar-refractivity contribution in [1.82, 2.24) is 5.32 Å². The van der Waals surface area contributed by atoms with Gasteiger partial charge in [-0.1, -0.05) is 36.4 Å². The molecule has 0 bridgehead atoms. The van der Waals surface area contributed by atoms with Crippen molar-refractivity contribution < 1.29 is 23.5 Å². The summed E-state index contributed by atoms with van der Waals surface area (Å²) in [5, 5.41) is 5.63. The van der Waals surface area contributed by atoms with E-state index < -0.39 is 17.6 Å². The van der Waals surface area contributed by atoms with Crippen molar-refractivity contribution in [2.24, 2.45) is 5.92 Å². The Labute approximate surface area is 202 Å². The number of nitrogens with zero attached hydrogens (tertiary/aromatic N) is 1. The van der Waals surface area contributed by atoms with Crippen LogP contribution in [0.15, 0.2) is 72.8 Å². The fourth-order valence-electron chi connectivity index (χ4n) is 3.96. The maximum Gasteiger partial charge on any atom is 0.253 e. The maximum absolute atomic E-state index is 14.1. The Balaban J connectivity index is 1.40. The molecule has 0 saturated carbocycles. The minimum Gasteiger partial charge on any atom is -0.494 e. The van der Waals surface area contributed by atoms with Crippen LogP contribution in [0.2, 0.25) is 0 Å². The molecule has 180 valence electrons. The normalized spacial score (nSPS) is 15.1. The zero-order valence-corrected chi connectivity index (χ0v) is 19.3. The summed E-state index contributed by atoms with van der Waals surface area (Å²) in [7, 11) is 0. The highest BCUT2D eigenvalue weighted by Crippen LogP contribution is 2.28. The number of anilines is 2. The molecule has 1 aliphatic heterocycles. The summed E-state index contributed by atoms with van der Waals surface area (Å²) in [6.45, 7) is 2.86. The molecule has 3 aromatic rings. The molecule has 0 radical (unpaired) electrons. The number of hydrogen-bond acceptors (Lipinski definition) is 4. The van der Waals surface area contributed by atoms with Crippen molar-refractivity contribution in [2.45, 2.75) is 19.9 Å². The topological polar surface area (TPSA) is 87.7 Å². The van der Waals surface area contributed by atoms with Crippen LogP contribution in [-0.4, -0.2) is 30.9 Å². The first-order valence-corrected chi connectivity index (χ1v) is 11.4. The van der Waals surface area contributed by atoms with Gasteiger partial charge in [0.1, 0.15) is 11.6 Å². The van der Waals surface area contributed by atoms with Crippen LogP contribution in [0.5, 0.6) is 5.75 Å². The predicted molar refractivity (Wildman–Crippen MR) is 131 cm³/mol. The molecule has 0 spiro atoms. The van der Waals surface area contributed by atoms with Gasteiger partial charge >= 0.3 is 0 Å². The number of ether oxygens (including phenoxy) is 1. The molecule has 0 aliphatic carbocycles. The molecule has 1 saturated heterocycles. The fourth-order valence-corrected chi connectivity index (χ4v) is 3.96. The van der Waals surface area contributed by atoms with E-state index in [0.29, 0.717) is 24.4 Å². The molecule has 0 aromatic heterocycles. The van der Waals surface area contributed by atoms with Crippen molar-refractivity contribution in [2.75, 3.05) is 23.4 Å². The SMILES string of the molecule is CCOc1ccc(CNC(=O)c2ccccc2NC(=O)[C@H]2CC(=O)N(c3ccccc3F)C2)cc1. The molecule has 1 atom stereocenters. The molecule has 8 heteroatoms. The monoisotopic (exact) mass is 475 g/mol. The number of amides is 3. The smallest absolute Gasteiger partial charge is 0.253 e. The first-order valence-electron chi connectivity index (χ1n) is 11.4. The highest BCUT2D eigenvalue weighted by Gasteiger charge is 2.36. The third-order valence-electron chi connectivity index (χ3n) is 5.76. The summed E-state index contributed by atoms with van der Waals surface area (Å²) in [4.78, 5) is 39.5. The summed E-state index contributed by atoms with van der Waals surface area (Å²) in [6.07, 6.45) is -0.0354. The number of benzene rings is 3. The van der Waals surface area contributed by atoms with Crippen LogP contribution < -0.4 is 20.3 Å². The summed E-state index contributed by atoms with van der Waals surface area (Å²) < 4.78 is 19.6. The van der Waals surface area contributed by atoms with Crippen LogP contribution in [0, 0.1) is 11.7 Å². The van der Waals surface area contributed by atoms with E-state index >= 15 is 0 Å². The second kappa shape index (κ2) is 10.8. The van der Waals surface area contributed by atoms with Crippen LogP contribution in [0.3, 0.4) is 0 Å². The van der Waals surface area contributed by atoms with Crippen molar-refractivity contribution in [3.63, 3.8) is 0 Å². The molecule has 1 heterocycles. The molecule has 2 N–H and O–H groups in total. The van der Waals surface area contributed by atoms with Gasteiger partial charge in [0.15, 0.2) is 0 Å². The number of halogens is 1. The Morgan fingerprint density at radius 1 is 1.03 bits per heavy atom. The lowest BCUT2D eigenvalue weighted by molar-refractivity contribution is -0.122. The molecular weight excluding hydrogens is 449 g/mol. The van der Waals surface area contributed by atoms with Gasteiger partial charge in [0, 0.05) is 19.5 Å². The number of hydrogen-bond donors (Lipinski definition) is 2. The predicted octanol–water partition coefficient (Wildman–Crippen LogP) is 4.15. The van der Waals surface area contributed by atoms with Gasteiger partial charge in [-0.3, -0.25) is 14.4 Å². The Kier molecular flexibility index (Phi) is 7.40. The first kappa shape index (κ1) is 23.9. The van der Waals surface area contributed by atoms with E-state index in [1.807, 2.05) is 31.2 Å². The van der Waals surface area contributed by atoms with Crippen LogP contribution >= 0.6 is 0 Å². The van der Waals surface area contributed by atoms with Gasteiger partial charge in [0.25, 0.3) is 5.91 Å². The fraction of sp³-hybridized carbons (Fsp3) is 0.222. The number of carbonyl (C=O) groups excluding carboxylic acids is 3. The lowest BCUT2D eigenvalue weighted by atomic mass is 10.1. The number of rotatable bonds is 8. The van der Waals surface area contributed by atoms with Gasteiger partial charge in [-0.15, -0.1) is 0 Å². The molecule has 3 amide bonds. The van der Waals surface area contributed by atoms with Crippen LogP contribution in [0.1, 0.15) is 29.3 Å². The van der Waals surface area contributed by atoms with E-state index in [4.69, 9.17) is 4.74 Å². The first-order chi connectivity index (χ1) is 17.0. The van der Waals surface area contributed by atoms with Crippen LogP contribution in [0.4, 0.5) is 15.8 Å². The van der Waals surface area contributed by atoms with Gasteiger partial charge in [0.05, 0.1) is 29.5 Å². The summed E-state index contributed by atoms with van der Waals surface area (Å²) >= 11 is 0. The number of carbonyl (C=O) groups is 3. The number of para-hydroxylation sites is 2. The summed E-state index contributed by atoms with van der Waals surface area (Å²) in [6, 6.07) is 20.1. The van der Waals surface area contributed by atoms with E-state index in [0.717, 1.165) is 11.3 Å². The largest absolute Gasteiger partial charge is 0.494 e. The van der Waals surface area contributed by atoms with Gasteiger partial charge in [-0.2, -0.15) is 0 Å². The summed E-state index contributed by atoms with van der Waals surface area (Å²) in [5.74, 6) is -1.49. The Morgan fingerprint density at radius 3 is 2.49 bits per heavy atom. The lowest BCUT2D eigenvalue weighted by Crippen LogP contribution is -2.30. The van der Waals surface area contributed by atoms with Crippen molar-refractivity contribution in [3.8, 4) is 5.75 Å². The van der Waals surface area contributed by atoms with E-state index in [1.54, 1.807) is 36.4 Å². The van der Waals surface area contributed by atoms with Gasteiger partial charge in [-0.05, 0) is 48.9 Å².